The van der Waals surface area contributed by atoms with Crippen LogP contribution in [0.1, 0.15) is 45.2 Å². The number of nitrogens with one attached hydrogen (secondary N) is 1. The molecule has 1 saturated carbocycles. The van der Waals surface area contributed by atoms with E-state index in [9.17, 15) is 4.79 Å². The lowest BCUT2D eigenvalue weighted by molar-refractivity contribution is 0.0452. The Bertz CT molecular complexity index is 431. The first-order valence-electron chi connectivity index (χ1n) is 6.78. The van der Waals surface area contributed by atoms with Crippen molar-refractivity contribution in [3.05, 3.63) is 18.0 Å². The topological polar surface area (TPSA) is 76.4 Å². The molecule has 1 aliphatic carbocycles. The van der Waals surface area contributed by atoms with Gasteiger partial charge in [-0.3, -0.25) is 4.68 Å². The summed E-state index contributed by atoms with van der Waals surface area (Å²) in [5, 5.41) is 14.2. The van der Waals surface area contributed by atoms with Crippen LogP contribution in [0.5, 0.6) is 0 Å². The molecule has 1 aromatic rings. The lowest BCUT2D eigenvalue weighted by atomic mass is 9.87. The third-order valence-corrected chi connectivity index (χ3v) is 2.94. The van der Waals surface area contributed by atoms with Gasteiger partial charge in [-0.05, 0) is 46.1 Å². The fourth-order valence-corrected chi connectivity index (χ4v) is 2.03. The minimum absolute atomic E-state index is 0.203. The van der Waals surface area contributed by atoms with Crippen molar-refractivity contribution in [2.45, 2.75) is 58.2 Å². The number of carbonyl (C=O) groups is 1. The summed E-state index contributed by atoms with van der Waals surface area (Å²) in [6.45, 7) is 7.62. The van der Waals surface area contributed by atoms with Crippen molar-refractivity contribution >= 4 is 6.09 Å². The highest BCUT2D eigenvalue weighted by atomic mass is 16.6. The molecule has 0 spiro atoms. The quantitative estimate of drug-likeness (QED) is 0.870. The van der Waals surface area contributed by atoms with Crippen LogP contribution in [0.4, 0.5) is 4.79 Å². The number of carbonyl (C=O) groups excluding carboxylic acids is 1. The second-order valence-corrected chi connectivity index (χ2v) is 5.97. The van der Waals surface area contributed by atoms with Crippen molar-refractivity contribution in [3.8, 4) is 0 Å². The molecule has 0 aliphatic heterocycles. The van der Waals surface area contributed by atoms with Crippen LogP contribution < -0.4 is 5.32 Å². The van der Waals surface area contributed by atoms with E-state index in [-0.39, 0.29) is 12.1 Å². The van der Waals surface area contributed by atoms with Crippen LogP contribution in [-0.2, 0) is 4.74 Å². The molecule has 0 saturated heterocycles. The highest BCUT2D eigenvalue weighted by molar-refractivity contribution is 5.68. The minimum Gasteiger partial charge on any atom is -0.444 e. The number of aliphatic hydroxyl groups excluding tert-OH is 1. The van der Waals surface area contributed by atoms with Crippen LogP contribution in [-0.4, -0.2) is 39.7 Å². The van der Waals surface area contributed by atoms with Crippen molar-refractivity contribution in [2.75, 3.05) is 7.11 Å². The predicted octanol–water partition coefficient (Wildman–Crippen LogP) is 2.03. The van der Waals surface area contributed by atoms with Crippen molar-refractivity contribution < 1.29 is 14.6 Å². The second kappa shape index (κ2) is 6.74. The van der Waals surface area contributed by atoms with Gasteiger partial charge < -0.3 is 15.2 Å². The second-order valence-electron chi connectivity index (χ2n) is 5.97. The molecule has 114 valence electrons. The summed E-state index contributed by atoms with van der Waals surface area (Å²) in [4.78, 5) is 11.6. The molecule has 1 amide bonds. The van der Waals surface area contributed by atoms with E-state index < -0.39 is 5.60 Å². The van der Waals surface area contributed by atoms with E-state index >= 15 is 0 Å². The first-order chi connectivity index (χ1) is 9.33. The molecule has 6 nitrogen and oxygen atoms in total. The third-order valence-electron chi connectivity index (χ3n) is 2.94. The highest BCUT2D eigenvalue weighted by Crippen LogP contribution is 2.31. The Hall–Kier alpha value is -1.56. The molecule has 1 fully saturated rings. The van der Waals surface area contributed by atoms with E-state index in [1.165, 1.54) is 5.56 Å². The summed E-state index contributed by atoms with van der Waals surface area (Å²) >= 11 is 0. The fraction of sp³-hybridized carbons (Fsp3) is 0.714. The molecular formula is C14H25N3O3. The highest BCUT2D eigenvalue weighted by Gasteiger charge is 2.33. The average molecular weight is 283 g/mol. The van der Waals surface area contributed by atoms with Gasteiger partial charge in [0, 0.05) is 19.3 Å². The van der Waals surface area contributed by atoms with Gasteiger partial charge in [0.15, 0.2) is 0 Å². The number of alkyl carbamates (subject to hydrolysis) is 1. The Morgan fingerprint density at radius 3 is 2.50 bits per heavy atom. The Kier molecular flexibility index (Phi) is 5.56. The molecular weight excluding hydrogens is 258 g/mol. The molecule has 2 rings (SSSR count). The van der Waals surface area contributed by atoms with Gasteiger partial charge in [-0.2, -0.15) is 5.10 Å². The van der Waals surface area contributed by atoms with Crippen LogP contribution in [0.2, 0.25) is 0 Å². The number of hydrogen-bond donors (Lipinski definition) is 2. The number of aryl methyl sites for hydroxylation is 1. The first kappa shape index (κ1) is 16.5. The number of nitrogens with zero attached hydrogens (tertiary/aromatic N) is 2. The SMILES string of the molecule is CO.Cc1cnn(C2CC(NC(=O)OC(C)(C)C)C2)c1. The van der Waals surface area contributed by atoms with Gasteiger partial charge in [0.1, 0.15) is 5.60 Å². The van der Waals surface area contributed by atoms with Crippen molar-refractivity contribution in [2.24, 2.45) is 0 Å². The molecule has 1 aromatic heterocycles. The number of rotatable bonds is 2. The van der Waals surface area contributed by atoms with Crippen LogP contribution in [0.3, 0.4) is 0 Å². The lowest BCUT2D eigenvalue weighted by Gasteiger charge is -2.36. The number of aromatic nitrogens is 2. The van der Waals surface area contributed by atoms with Gasteiger partial charge >= 0.3 is 6.09 Å². The Balaban J connectivity index is 0.000000956. The maximum atomic E-state index is 11.6. The number of aliphatic hydroxyl groups is 1. The zero-order chi connectivity index (χ0) is 15.3. The molecule has 2 N–H and O–H groups in total. The summed E-state index contributed by atoms with van der Waals surface area (Å²) in [5.41, 5.74) is 0.727. The number of hydrogen-bond acceptors (Lipinski definition) is 4. The van der Waals surface area contributed by atoms with Gasteiger partial charge in [0.05, 0.1) is 12.2 Å². The first-order valence-corrected chi connectivity index (χ1v) is 6.78. The van der Waals surface area contributed by atoms with Gasteiger partial charge in [0.25, 0.3) is 0 Å². The van der Waals surface area contributed by atoms with Crippen molar-refractivity contribution in [1.29, 1.82) is 0 Å². The fourth-order valence-electron chi connectivity index (χ4n) is 2.03. The third kappa shape index (κ3) is 4.85. The maximum absolute atomic E-state index is 11.6. The smallest absolute Gasteiger partial charge is 0.407 e. The van der Waals surface area contributed by atoms with Crippen LogP contribution in [0.15, 0.2) is 12.4 Å². The van der Waals surface area contributed by atoms with E-state index in [0.29, 0.717) is 6.04 Å². The zero-order valence-corrected chi connectivity index (χ0v) is 12.9. The normalized spacial score (nSPS) is 21.3. The monoisotopic (exact) mass is 283 g/mol. The van der Waals surface area contributed by atoms with E-state index in [2.05, 4.69) is 10.4 Å². The Morgan fingerprint density at radius 2 is 2.05 bits per heavy atom. The summed E-state index contributed by atoms with van der Waals surface area (Å²) in [7, 11) is 1.00. The summed E-state index contributed by atoms with van der Waals surface area (Å²) < 4.78 is 7.19. The Morgan fingerprint density at radius 1 is 1.45 bits per heavy atom. The zero-order valence-electron chi connectivity index (χ0n) is 12.9. The van der Waals surface area contributed by atoms with Crippen LogP contribution in [0.25, 0.3) is 0 Å². The van der Waals surface area contributed by atoms with Crippen molar-refractivity contribution in [1.82, 2.24) is 15.1 Å². The average Bonchev–Trinajstić information content (AvgIpc) is 2.70. The van der Waals surface area contributed by atoms with E-state index in [0.717, 1.165) is 20.0 Å². The van der Waals surface area contributed by atoms with Gasteiger partial charge in [-0.15, -0.1) is 0 Å². The largest absolute Gasteiger partial charge is 0.444 e. The van der Waals surface area contributed by atoms with Gasteiger partial charge in [-0.1, -0.05) is 0 Å². The lowest BCUT2D eigenvalue weighted by Crippen LogP contribution is -2.46. The maximum Gasteiger partial charge on any atom is 0.407 e. The molecule has 0 unspecified atom stereocenters. The van der Waals surface area contributed by atoms with Crippen LogP contribution in [0, 0.1) is 6.92 Å². The Labute approximate surface area is 120 Å². The molecule has 1 aliphatic rings. The van der Waals surface area contributed by atoms with Gasteiger partial charge in [-0.25, -0.2) is 4.79 Å². The van der Waals surface area contributed by atoms with Crippen LogP contribution >= 0.6 is 0 Å². The molecule has 20 heavy (non-hydrogen) atoms. The molecule has 0 radical (unpaired) electrons. The van der Waals surface area contributed by atoms with Crippen molar-refractivity contribution in [3.63, 3.8) is 0 Å². The summed E-state index contributed by atoms with van der Waals surface area (Å²) in [6, 6.07) is 0.605. The summed E-state index contributed by atoms with van der Waals surface area (Å²) in [6.07, 6.45) is 5.39. The van der Waals surface area contributed by atoms with E-state index in [1.54, 1.807) is 0 Å². The predicted molar refractivity (Wildman–Crippen MR) is 76.5 cm³/mol. The molecule has 0 atom stereocenters. The molecule has 0 bridgehead atoms. The molecule has 6 heteroatoms. The minimum atomic E-state index is -0.438. The standard InChI is InChI=1S/C13H21N3O2.CH4O/c1-9-7-14-16(8-9)11-5-10(6-11)15-12(17)18-13(2,3)4;1-2/h7-8,10-11H,5-6H2,1-4H3,(H,15,17);2H,1H3. The number of ether oxygens (including phenoxy) is 1. The molecule has 0 aromatic carbocycles. The molecule has 1 heterocycles. The van der Waals surface area contributed by atoms with E-state index in [4.69, 9.17) is 9.84 Å². The van der Waals surface area contributed by atoms with Gasteiger partial charge in [0.2, 0.25) is 0 Å². The van der Waals surface area contributed by atoms with E-state index in [1.807, 2.05) is 44.8 Å². The number of amides is 1. The summed E-state index contributed by atoms with van der Waals surface area (Å²) in [5.74, 6) is 0.